The highest BCUT2D eigenvalue weighted by Gasteiger charge is 2.27. The molecule has 27 heavy (non-hydrogen) atoms. The molecule has 9 heteroatoms. The molecule has 3 amide bonds. The molecule has 1 heterocycles. The van der Waals surface area contributed by atoms with Crippen LogP contribution >= 0.6 is 0 Å². The maximum Gasteiger partial charge on any atom is 0.273 e. The molecule has 0 bridgehead atoms. The lowest BCUT2D eigenvalue weighted by molar-refractivity contribution is -0.125. The molecular formula is C18H17N3O6. The van der Waals surface area contributed by atoms with Crippen molar-refractivity contribution in [1.82, 2.24) is 10.9 Å². The molecule has 0 aromatic heterocycles. The zero-order valence-corrected chi connectivity index (χ0v) is 14.4. The fraction of sp³-hybridized carbons (Fsp3) is 0.167. The van der Waals surface area contributed by atoms with Crippen LogP contribution in [-0.4, -0.2) is 43.1 Å². The van der Waals surface area contributed by atoms with Crippen molar-refractivity contribution < 1.29 is 29.0 Å². The number of phenols is 1. The number of ether oxygens (including phenoxy) is 2. The van der Waals surface area contributed by atoms with Gasteiger partial charge in [-0.2, -0.15) is 0 Å². The van der Waals surface area contributed by atoms with Crippen LogP contribution in [0.1, 0.15) is 10.4 Å². The second kappa shape index (κ2) is 7.65. The minimum Gasteiger partial charge on any atom is -0.504 e. The van der Waals surface area contributed by atoms with Crippen molar-refractivity contribution in [2.75, 3.05) is 25.2 Å². The van der Waals surface area contributed by atoms with Crippen LogP contribution in [-0.2, 0) is 9.59 Å². The van der Waals surface area contributed by atoms with Crippen LogP contribution in [0.4, 0.5) is 5.69 Å². The summed E-state index contributed by atoms with van der Waals surface area (Å²) < 4.78 is 10.2. The van der Waals surface area contributed by atoms with Crippen molar-refractivity contribution in [3.05, 3.63) is 48.0 Å². The highest BCUT2D eigenvalue weighted by atomic mass is 16.5. The Bertz CT molecular complexity index is 898. The average molecular weight is 371 g/mol. The summed E-state index contributed by atoms with van der Waals surface area (Å²) in [6.45, 7) is -0.474. The second-order valence-corrected chi connectivity index (χ2v) is 5.60. The zero-order chi connectivity index (χ0) is 19.4. The smallest absolute Gasteiger partial charge is 0.273 e. The van der Waals surface area contributed by atoms with Crippen molar-refractivity contribution in [2.24, 2.45) is 0 Å². The third kappa shape index (κ3) is 3.76. The fourth-order valence-electron chi connectivity index (χ4n) is 2.57. The summed E-state index contributed by atoms with van der Waals surface area (Å²) in [5, 5.41) is 9.96. The topological polar surface area (TPSA) is 117 Å². The summed E-state index contributed by atoms with van der Waals surface area (Å²) in [6, 6.07) is 11.2. The van der Waals surface area contributed by atoms with Crippen molar-refractivity contribution >= 4 is 23.4 Å². The molecule has 0 saturated carbocycles. The monoisotopic (exact) mass is 371 g/mol. The van der Waals surface area contributed by atoms with Crippen LogP contribution in [0.25, 0.3) is 0 Å². The van der Waals surface area contributed by atoms with E-state index in [1.54, 1.807) is 24.3 Å². The summed E-state index contributed by atoms with van der Waals surface area (Å²) in [5.41, 5.74) is 4.82. The second-order valence-electron chi connectivity index (χ2n) is 5.60. The van der Waals surface area contributed by atoms with Crippen molar-refractivity contribution in [3.63, 3.8) is 0 Å². The molecule has 3 N–H and O–H groups in total. The number of nitrogens with zero attached hydrogens (tertiary/aromatic N) is 1. The number of aromatic hydroxyl groups is 1. The number of nitrogens with one attached hydrogen (secondary N) is 2. The van der Waals surface area contributed by atoms with Gasteiger partial charge in [-0.1, -0.05) is 18.2 Å². The van der Waals surface area contributed by atoms with E-state index in [0.29, 0.717) is 11.4 Å². The third-order valence-electron chi connectivity index (χ3n) is 3.89. The minimum atomic E-state index is -0.728. The summed E-state index contributed by atoms with van der Waals surface area (Å²) >= 11 is 0. The van der Waals surface area contributed by atoms with Gasteiger partial charge in [0.15, 0.2) is 18.1 Å². The van der Waals surface area contributed by atoms with Gasteiger partial charge in [0.25, 0.3) is 17.7 Å². The number of anilines is 1. The molecule has 0 aliphatic carbocycles. The predicted octanol–water partition coefficient (Wildman–Crippen LogP) is 0.587. The number of benzene rings is 2. The molecule has 1 aliphatic heterocycles. The number of para-hydroxylation sites is 3. The zero-order valence-electron chi connectivity index (χ0n) is 14.4. The number of carbonyl (C=O) groups is 3. The highest BCUT2D eigenvalue weighted by Crippen LogP contribution is 2.31. The molecule has 1 aliphatic rings. The number of carbonyl (C=O) groups excluding carboxylic acids is 3. The van der Waals surface area contributed by atoms with E-state index in [9.17, 15) is 19.5 Å². The number of fused-ring (bicyclic) bond motifs is 1. The van der Waals surface area contributed by atoms with Gasteiger partial charge in [-0.25, -0.2) is 0 Å². The molecule has 0 fully saturated rings. The molecule has 2 aromatic carbocycles. The molecule has 140 valence electrons. The number of amides is 3. The van der Waals surface area contributed by atoms with Gasteiger partial charge in [-0.15, -0.1) is 0 Å². The lowest BCUT2D eigenvalue weighted by Crippen LogP contribution is -2.49. The first-order chi connectivity index (χ1) is 13.0. The summed E-state index contributed by atoms with van der Waals surface area (Å²) in [6.07, 6.45) is 0. The normalized spacial score (nSPS) is 12.6. The molecule has 0 radical (unpaired) electrons. The van der Waals surface area contributed by atoms with Crippen LogP contribution in [0.2, 0.25) is 0 Å². The largest absolute Gasteiger partial charge is 0.504 e. The molecule has 0 spiro atoms. The van der Waals surface area contributed by atoms with E-state index in [0.717, 1.165) is 0 Å². The molecule has 0 saturated heterocycles. The van der Waals surface area contributed by atoms with Crippen molar-refractivity contribution in [3.8, 4) is 17.2 Å². The molecule has 0 atom stereocenters. The molecule has 0 unspecified atom stereocenters. The minimum absolute atomic E-state index is 0.0672. The Labute approximate surface area is 154 Å². The van der Waals surface area contributed by atoms with Crippen LogP contribution in [0.15, 0.2) is 42.5 Å². The van der Waals surface area contributed by atoms with E-state index < -0.39 is 11.8 Å². The number of hydrogen-bond acceptors (Lipinski definition) is 6. The maximum absolute atomic E-state index is 12.2. The van der Waals surface area contributed by atoms with Crippen LogP contribution in [0, 0.1) is 0 Å². The molecular weight excluding hydrogens is 354 g/mol. The summed E-state index contributed by atoms with van der Waals surface area (Å²) in [4.78, 5) is 37.6. The van der Waals surface area contributed by atoms with E-state index in [1.165, 1.54) is 30.2 Å². The molecule has 2 aromatic rings. The van der Waals surface area contributed by atoms with Gasteiger partial charge < -0.3 is 14.6 Å². The Hall–Kier alpha value is -3.75. The summed E-state index contributed by atoms with van der Waals surface area (Å²) in [7, 11) is 1.36. The standard InChI is InChI=1S/C18H17N3O6/c1-26-14-8-4-5-11(17(14)24)18(25)20-19-15(22)9-21-12-6-2-3-7-13(12)27-10-16(21)23/h2-8,24H,9-10H2,1H3,(H,19,22)(H,20,25). The maximum atomic E-state index is 12.2. The van der Waals surface area contributed by atoms with E-state index in [1.807, 2.05) is 0 Å². The Morgan fingerprint density at radius 3 is 2.74 bits per heavy atom. The van der Waals surface area contributed by atoms with Gasteiger partial charge in [0, 0.05) is 0 Å². The molecule has 3 rings (SSSR count). The van der Waals surface area contributed by atoms with Crippen LogP contribution < -0.4 is 25.2 Å². The highest BCUT2D eigenvalue weighted by molar-refractivity contribution is 6.03. The van der Waals surface area contributed by atoms with Crippen LogP contribution in [0.3, 0.4) is 0 Å². The average Bonchev–Trinajstić information content (AvgIpc) is 2.68. The van der Waals surface area contributed by atoms with E-state index in [2.05, 4.69) is 10.9 Å². The Morgan fingerprint density at radius 1 is 1.19 bits per heavy atom. The van der Waals surface area contributed by atoms with Gasteiger partial charge in [0.2, 0.25) is 0 Å². The Balaban J connectivity index is 1.64. The van der Waals surface area contributed by atoms with Gasteiger partial charge in [0.1, 0.15) is 12.3 Å². The van der Waals surface area contributed by atoms with Gasteiger partial charge in [-0.05, 0) is 24.3 Å². The Kier molecular flexibility index (Phi) is 5.11. The van der Waals surface area contributed by atoms with Crippen LogP contribution in [0.5, 0.6) is 17.2 Å². The molecule has 9 nitrogen and oxygen atoms in total. The van der Waals surface area contributed by atoms with E-state index in [4.69, 9.17) is 9.47 Å². The first kappa shape index (κ1) is 18.1. The SMILES string of the molecule is COc1cccc(C(=O)NNC(=O)CN2C(=O)COc3ccccc32)c1O. The Morgan fingerprint density at radius 2 is 1.96 bits per heavy atom. The number of phenolic OH excluding ortho intramolecular Hbond substituents is 1. The van der Waals surface area contributed by atoms with E-state index >= 15 is 0 Å². The lowest BCUT2D eigenvalue weighted by atomic mass is 10.2. The summed E-state index contributed by atoms with van der Waals surface area (Å²) in [5.74, 6) is -1.44. The number of hydrazine groups is 1. The first-order valence-corrected chi connectivity index (χ1v) is 7.98. The fourth-order valence-corrected chi connectivity index (χ4v) is 2.57. The number of methoxy groups -OCH3 is 1. The van der Waals surface area contributed by atoms with Crippen molar-refractivity contribution in [2.45, 2.75) is 0 Å². The number of rotatable bonds is 4. The van der Waals surface area contributed by atoms with E-state index in [-0.39, 0.29) is 36.1 Å². The quantitative estimate of drug-likeness (QED) is 0.677. The van der Waals surface area contributed by atoms with Gasteiger partial charge in [0.05, 0.1) is 18.4 Å². The lowest BCUT2D eigenvalue weighted by Gasteiger charge is -2.28. The van der Waals surface area contributed by atoms with Gasteiger partial charge in [-0.3, -0.25) is 30.1 Å². The van der Waals surface area contributed by atoms with Crippen molar-refractivity contribution in [1.29, 1.82) is 0 Å². The third-order valence-corrected chi connectivity index (χ3v) is 3.89. The van der Waals surface area contributed by atoms with Gasteiger partial charge >= 0.3 is 0 Å². The number of hydrogen-bond donors (Lipinski definition) is 3. The predicted molar refractivity (Wildman–Crippen MR) is 94.6 cm³/mol. The first-order valence-electron chi connectivity index (χ1n) is 7.98.